The molecule has 2 aromatic heterocycles. The molecular weight excluding hydrogens is 302 g/mol. The van der Waals surface area contributed by atoms with Crippen LogP contribution in [0.2, 0.25) is 0 Å². The highest BCUT2D eigenvalue weighted by molar-refractivity contribution is 7.89. The molecular formula is C14H21N5O2S. The summed E-state index contributed by atoms with van der Waals surface area (Å²) in [6, 6.07) is 0.553. The average molecular weight is 323 g/mol. The highest BCUT2D eigenvalue weighted by Crippen LogP contribution is 2.36. The molecule has 120 valence electrons. The summed E-state index contributed by atoms with van der Waals surface area (Å²) in [5.74, 6) is 0.951. The van der Waals surface area contributed by atoms with E-state index in [0.717, 1.165) is 11.5 Å². The molecule has 0 amide bonds. The second kappa shape index (κ2) is 5.85. The molecule has 1 N–H and O–H groups in total. The summed E-state index contributed by atoms with van der Waals surface area (Å²) >= 11 is 0. The smallest absolute Gasteiger partial charge is 0.243 e. The Kier molecular flexibility index (Phi) is 4.05. The van der Waals surface area contributed by atoms with E-state index in [4.69, 9.17) is 0 Å². The van der Waals surface area contributed by atoms with E-state index in [1.54, 1.807) is 4.68 Å². The topological polar surface area (TPSA) is 81.8 Å². The van der Waals surface area contributed by atoms with E-state index in [1.165, 1.54) is 25.2 Å². The van der Waals surface area contributed by atoms with Crippen LogP contribution in [0.5, 0.6) is 0 Å². The fourth-order valence-electron chi connectivity index (χ4n) is 2.55. The number of nitrogens with one attached hydrogen (secondary N) is 1. The van der Waals surface area contributed by atoms with E-state index in [0.29, 0.717) is 25.6 Å². The highest BCUT2D eigenvalue weighted by Gasteiger charge is 2.27. The van der Waals surface area contributed by atoms with Crippen LogP contribution in [0.3, 0.4) is 0 Å². The number of aromatic nitrogens is 4. The molecule has 0 unspecified atom stereocenters. The second-order valence-corrected chi connectivity index (χ2v) is 7.36. The first-order valence-electron chi connectivity index (χ1n) is 7.56. The molecule has 0 aromatic carbocycles. The lowest BCUT2D eigenvalue weighted by molar-refractivity contribution is 0.577. The van der Waals surface area contributed by atoms with E-state index < -0.39 is 10.0 Å². The maximum absolute atomic E-state index is 12.2. The Bertz CT molecular complexity index is 758. The largest absolute Gasteiger partial charge is 0.329 e. The Morgan fingerprint density at radius 3 is 2.77 bits per heavy atom. The molecule has 0 radical (unpaired) electrons. The van der Waals surface area contributed by atoms with Crippen molar-refractivity contribution >= 4 is 10.0 Å². The predicted octanol–water partition coefficient (Wildman–Crippen LogP) is 1.26. The van der Waals surface area contributed by atoms with Gasteiger partial charge in [0.15, 0.2) is 0 Å². The monoisotopic (exact) mass is 323 g/mol. The number of sulfonamides is 1. The van der Waals surface area contributed by atoms with Gasteiger partial charge in [0.2, 0.25) is 10.0 Å². The highest BCUT2D eigenvalue weighted by atomic mass is 32.2. The van der Waals surface area contributed by atoms with Crippen molar-refractivity contribution in [2.75, 3.05) is 6.54 Å². The number of imidazole rings is 1. The molecule has 1 aliphatic carbocycles. The molecule has 0 atom stereocenters. The Morgan fingerprint density at radius 2 is 2.14 bits per heavy atom. The van der Waals surface area contributed by atoms with E-state index in [1.807, 2.05) is 20.0 Å². The van der Waals surface area contributed by atoms with Crippen LogP contribution >= 0.6 is 0 Å². The van der Waals surface area contributed by atoms with Gasteiger partial charge in [-0.1, -0.05) is 0 Å². The fraction of sp³-hybridized carbons (Fsp3) is 0.571. The van der Waals surface area contributed by atoms with Crippen molar-refractivity contribution in [3.63, 3.8) is 0 Å². The maximum Gasteiger partial charge on any atom is 0.243 e. The summed E-state index contributed by atoms with van der Waals surface area (Å²) in [6.07, 6.45) is 7.73. The lowest BCUT2D eigenvalue weighted by Gasteiger charge is -2.09. The third kappa shape index (κ3) is 3.07. The van der Waals surface area contributed by atoms with Crippen molar-refractivity contribution in [1.29, 1.82) is 0 Å². The third-order valence-electron chi connectivity index (χ3n) is 3.86. The maximum atomic E-state index is 12.2. The fourth-order valence-corrected chi connectivity index (χ4v) is 3.53. The molecule has 22 heavy (non-hydrogen) atoms. The van der Waals surface area contributed by atoms with Gasteiger partial charge in [0, 0.05) is 43.6 Å². The average Bonchev–Trinajstić information content (AvgIpc) is 3.06. The molecule has 2 aromatic rings. The predicted molar refractivity (Wildman–Crippen MR) is 82.0 cm³/mol. The van der Waals surface area contributed by atoms with Crippen molar-refractivity contribution in [2.24, 2.45) is 0 Å². The van der Waals surface area contributed by atoms with Gasteiger partial charge in [0.05, 0.1) is 6.20 Å². The Balaban J connectivity index is 1.63. The van der Waals surface area contributed by atoms with Crippen molar-refractivity contribution in [2.45, 2.75) is 50.6 Å². The summed E-state index contributed by atoms with van der Waals surface area (Å²) in [5, 5.41) is 4.00. The van der Waals surface area contributed by atoms with Gasteiger partial charge in [-0.05, 0) is 26.7 Å². The van der Waals surface area contributed by atoms with E-state index >= 15 is 0 Å². The molecule has 2 heterocycles. The van der Waals surface area contributed by atoms with Gasteiger partial charge in [-0.15, -0.1) is 0 Å². The normalized spacial score (nSPS) is 15.4. The van der Waals surface area contributed by atoms with Crippen LogP contribution in [0, 0.1) is 6.92 Å². The van der Waals surface area contributed by atoms with Crippen LogP contribution in [0.4, 0.5) is 0 Å². The first-order chi connectivity index (χ1) is 10.5. The molecule has 1 saturated carbocycles. The minimum Gasteiger partial charge on any atom is -0.329 e. The molecule has 7 nitrogen and oxygen atoms in total. The van der Waals surface area contributed by atoms with E-state index in [2.05, 4.69) is 19.4 Å². The van der Waals surface area contributed by atoms with Crippen molar-refractivity contribution in [3.8, 4) is 0 Å². The van der Waals surface area contributed by atoms with Gasteiger partial charge >= 0.3 is 0 Å². The lowest BCUT2D eigenvalue weighted by atomic mass is 10.4. The second-order valence-electron chi connectivity index (χ2n) is 5.60. The van der Waals surface area contributed by atoms with Crippen molar-refractivity contribution in [1.82, 2.24) is 24.1 Å². The molecule has 8 heteroatoms. The first-order valence-corrected chi connectivity index (χ1v) is 9.04. The summed E-state index contributed by atoms with van der Waals surface area (Å²) in [7, 11) is -3.50. The van der Waals surface area contributed by atoms with Crippen LogP contribution in [-0.4, -0.2) is 34.3 Å². The van der Waals surface area contributed by atoms with Crippen molar-refractivity contribution in [3.05, 3.63) is 30.1 Å². The molecule has 1 fully saturated rings. The Labute approximate surface area is 130 Å². The number of rotatable bonds is 7. The molecule has 0 bridgehead atoms. The van der Waals surface area contributed by atoms with Crippen LogP contribution in [0.15, 0.2) is 23.5 Å². The van der Waals surface area contributed by atoms with Crippen LogP contribution in [-0.2, 0) is 23.0 Å². The minimum absolute atomic E-state index is 0.205. The summed E-state index contributed by atoms with van der Waals surface area (Å²) in [4.78, 5) is 4.60. The van der Waals surface area contributed by atoms with Gasteiger partial charge in [-0.25, -0.2) is 18.1 Å². The van der Waals surface area contributed by atoms with Crippen LogP contribution in [0.25, 0.3) is 0 Å². The van der Waals surface area contributed by atoms with Gasteiger partial charge < -0.3 is 4.57 Å². The standard InChI is InChI=1S/C14H21N5O2S/c1-3-18-10-13(9-16-18)22(20,21)17-7-6-14-15-8-11(2)19(14)12-4-5-12/h8-10,12,17H,3-7H2,1-2H3. The Hall–Kier alpha value is -1.67. The number of nitrogens with zero attached hydrogens (tertiary/aromatic N) is 4. The van der Waals surface area contributed by atoms with Gasteiger partial charge in [0.25, 0.3) is 0 Å². The quantitative estimate of drug-likeness (QED) is 0.832. The third-order valence-corrected chi connectivity index (χ3v) is 5.27. The number of hydrogen-bond acceptors (Lipinski definition) is 4. The molecule has 3 rings (SSSR count). The van der Waals surface area contributed by atoms with Gasteiger partial charge in [-0.3, -0.25) is 4.68 Å². The summed E-state index contributed by atoms with van der Waals surface area (Å²) < 4.78 is 30.8. The number of hydrogen-bond donors (Lipinski definition) is 1. The molecule has 0 aliphatic heterocycles. The SMILES string of the molecule is CCn1cc(S(=O)(=O)NCCc2ncc(C)n2C2CC2)cn1. The van der Waals surface area contributed by atoms with Gasteiger partial charge in [-0.2, -0.15) is 5.10 Å². The zero-order valence-electron chi connectivity index (χ0n) is 12.9. The Morgan fingerprint density at radius 1 is 1.36 bits per heavy atom. The summed E-state index contributed by atoms with van der Waals surface area (Å²) in [5.41, 5.74) is 1.14. The zero-order valence-corrected chi connectivity index (χ0v) is 13.7. The van der Waals surface area contributed by atoms with Gasteiger partial charge in [0.1, 0.15) is 10.7 Å². The first kappa shape index (κ1) is 15.2. The minimum atomic E-state index is -3.50. The summed E-state index contributed by atoms with van der Waals surface area (Å²) in [6.45, 7) is 4.94. The molecule has 0 spiro atoms. The van der Waals surface area contributed by atoms with E-state index in [-0.39, 0.29) is 4.90 Å². The molecule has 0 saturated heterocycles. The number of aryl methyl sites for hydroxylation is 2. The lowest BCUT2D eigenvalue weighted by Crippen LogP contribution is -2.26. The van der Waals surface area contributed by atoms with Crippen LogP contribution < -0.4 is 4.72 Å². The zero-order chi connectivity index (χ0) is 15.7. The van der Waals surface area contributed by atoms with E-state index in [9.17, 15) is 8.42 Å². The molecule has 1 aliphatic rings. The van der Waals surface area contributed by atoms with Crippen LogP contribution in [0.1, 0.15) is 37.3 Å². The van der Waals surface area contributed by atoms with Crippen molar-refractivity contribution < 1.29 is 8.42 Å².